The third-order valence-corrected chi connectivity index (χ3v) is 2.23. The molecule has 0 amide bonds. The van der Waals surface area contributed by atoms with Gasteiger partial charge in [-0.05, 0) is 39.0 Å². The molecule has 5 heteroatoms. The number of benzene rings is 1. The molecule has 1 unspecified atom stereocenters. The Morgan fingerprint density at radius 3 is 2.47 bits per heavy atom. The van der Waals surface area contributed by atoms with E-state index in [-0.39, 0.29) is 6.10 Å². The number of carbonyl (C=O) groups is 1. The molecule has 5 nitrogen and oxygen atoms in total. The topological polar surface area (TPSA) is 68.5 Å². The normalized spacial score (nSPS) is 11.6. The van der Waals surface area contributed by atoms with Gasteiger partial charge in [0.2, 0.25) is 0 Å². The minimum atomic E-state index is -0.787. The first-order valence-corrected chi connectivity index (χ1v) is 5.93. The number of rotatable bonds is 5. The van der Waals surface area contributed by atoms with Gasteiger partial charge in [0.25, 0.3) is 0 Å². The molecule has 0 aromatic heterocycles. The molecule has 102 valence electrons. The van der Waals surface area contributed by atoms with E-state index in [1.165, 1.54) is 20.1 Å². The number of nitrogens with zero attached hydrogens (tertiary/aromatic N) is 1. The van der Waals surface area contributed by atoms with E-state index in [0.717, 1.165) is 0 Å². The fourth-order valence-corrected chi connectivity index (χ4v) is 1.40. The summed E-state index contributed by atoms with van der Waals surface area (Å²) in [6.07, 6.45) is -0.782. The standard InChI is InChI=1S/C14H17NO4/c1-9(2)18-12-6-5-11(7-13(12)17-4)14(16)19-10(3)8-15/h5-7,9-10H,1-4H3. The van der Waals surface area contributed by atoms with Crippen LogP contribution in [0.3, 0.4) is 0 Å². The maximum absolute atomic E-state index is 11.7. The molecular formula is C14H17NO4. The lowest BCUT2D eigenvalue weighted by Crippen LogP contribution is -2.13. The SMILES string of the molecule is COc1cc(C(=O)OC(C)C#N)ccc1OC(C)C. The zero-order chi connectivity index (χ0) is 14.4. The van der Waals surface area contributed by atoms with Gasteiger partial charge >= 0.3 is 5.97 Å². The summed E-state index contributed by atoms with van der Waals surface area (Å²) in [7, 11) is 1.50. The van der Waals surface area contributed by atoms with Gasteiger partial charge in [-0.1, -0.05) is 0 Å². The van der Waals surface area contributed by atoms with E-state index in [4.69, 9.17) is 19.5 Å². The van der Waals surface area contributed by atoms with E-state index >= 15 is 0 Å². The van der Waals surface area contributed by atoms with Crippen LogP contribution in [0.4, 0.5) is 0 Å². The number of carbonyl (C=O) groups excluding carboxylic acids is 1. The first-order chi connectivity index (χ1) is 8.97. The minimum absolute atomic E-state index is 0.00492. The summed E-state index contributed by atoms with van der Waals surface area (Å²) >= 11 is 0. The molecule has 0 saturated carbocycles. The van der Waals surface area contributed by atoms with E-state index in [2.05, 4.69) is 0 Å². The number of esters is 1. The zero-order valence-corrected chi connectivity index (χ0v) is 11.5. The second-order valence-corrected chi connectivity index (χ2v) is 4.21. The van der Waals surface area contributed by atoms with Crippen LogP contribution < -0.4 is 9.47 Å². The molecule has 0 aliphatic heterocycles. The molecule has 19 heavy (non-hydrogen) atoms. The molecule has 0 fully saturated rings. The van der Waals surface area contributed by atoms with Crippen molar-refractivity contribution in [1.29, 1.82) is 5.26 Å². The van der Waals surface area contributed by atoms with E-state index in [1.807, 2.05) is 19.9 Å². The molecule has 0 bridgehead atoms. The minimum Gasteiger partial charge on any atom is -0.493 e. The van der Waals surface area contributed by atoms with Crippen molar-refractivity contribution in [3.05, 3.63) is 23.8 Å². The third kappa shape index (κ3) is 4.18. The van der Waals surface area contributed by atoms with Gasteiger partial charge in [0.15, 0.2) is 17.6 Å². The van der Waals surface area contributed by atoms with Crippen LogP contribution in [0, 0.1) is 11.3 Å². The van der Waals surface area contributed by atoms with Crippen LogP contribution >= 0.6 is 0 Å². The summed E-state index contributed by atoms with van der Waals surface area (Å²) in [5, 5.41) is 8.60. The summed E-state index contributed by atoms with van der Waals surface area (Å²) in [6, 6.07) is 6.59. The largest absolute Gasteiger partial charge is 0.493 e. The van der Waals surface area contributed by atoms with Crippen molar-refractivity contribution in [3.63, 3.8) is 0 Å². The van der Waals surface area contributed by atoms with Gasteiger partial charge in [-0.15, -0.1) is 0 Å². The molecule has 1 rings (SSSR count). The van der Waals surface area contributed by atoms with Crippen molar-refractivity contribution in [2.75, 3.05) is 7.11 Å². The predicted molar refractivity (Wildman–Crippen MR) is 69.2 cm³/mol. The van der Waals surface area contributed by atoms with Crippen LogP contribution in [0.5, 0.6) is 11.5 Å². The Balaban J connectivity index is 2.93. The fraction of sp³-hybridized carbons (Fsp3) is 0.429. The van der Waals surface area contributed by atoms with Gasteiger partial charge in [-0.3, -0.25) is 0 Å². The summed E-state index contributed by atoms with van der Waals surface area (Å²) in [5.74, 6) is 0.443. The predicted octanol–water partition coefficient (Wildman–Crippen LogP) is 2.55. The van der Waals surface area contributed by atoms with Crippen molar-refractivity contribution in [1.82, 2.24) is 0 Å². The number of hydrogen-bond acceptors (Lipinski definition) is 5. The Morgan fingerprint density at radius 1 is 1.26 bits per heavy atom. The highest BCUT2D eigenvalue weighted by Crippen LogP contribution is 2.29. The second kappa shape index (κ2) is 6.64. The van der Waals surface area contributed by atoms with Crippen LogP contribution in [0.1, 0.15) is 31.1 Å². The Morgan fingerprint density at radius 2 is 1.95 bits per heavy atom. The van der Waals surface area contributed by atoms with E-state index < -0.39 is 12.1 Å². The lowest BCUT2D eigenvalue weighted by atomic mass is 10.2. The van der Waals surface area contributed by atoms with Gasteiger partial charge in [-0.25, -0.2) is 4.79 Å². The molecule has 1 atom stereocenters. The molecule has 0 aliphatic rings. The van der Waals surface area contributed by atoms with Crippen LogP contribution in [-0.2, 0) is 4.74 Å². The summed E-state index contributed by atoms with van der Waals surface area (Å²) in [5.41, 5.74) is 0.315. The summed E-state index contributed by atoms with van der Waals surface area (Å²) in [4.78, 5) is 11.7. The lowest BCUT2D eigenvalue weighted by molar-refractivity contribution is 0.0435. The van der Waals surface area contributed by atoms with Crippen molar-refractivity contribution >= 4 is 5.97 Å². The molecule has 0 heterocycles. The van der Waals surface area contributed by atoms with Crippen LogP contribution in [0.2, 0.25) is 0 Å². The molecule has 0 spiro atoms. The van der Waals surface area contributed by atoms with E-state index in [1.54, 1.807) is 12.1 Å². The Labute approximate surface area is 112 Å². The number of ether oxygens (including phenoxy) is 3. The van der Waals surface area contributed by atoms with Crippen LogP contribution in [-0.4, -0.2) is 25.3 Å². The fourth-order valence-electron chi connectivity index (χ4n) is 1.40. The third-order valence-electron chi connectivity index (χ3n) is 2.23. The Hall–Kier alpha value is -2.22. The Bertz CT molecular complexity index is 491. The van der Waals surface area contributed by atoms with Gasteiger partial charge in [-0.2, -0.15) is 5.26 Å². The molecule has 1 aromatic carbocycles. The molecule has 0 aliphatic carbocycles. The van der Waals surface area contributed by atoms with E-state index in [0.29, 0.717) is 17.1 Å². The average Bonchev–Trinajstić information content (AvgIpc) is 2.38. The lowest BCUT2D eigenvalue weighted by Gasteiger charge is -2.14. The molecule has 0 radical (unpaired) electrons. The highest BCUT2D eigenvalue weighted by molar-refractivity contribution is 5.90. The second-order valence-electron chi connectivity index (χ2n) is 4.21. The maximum Gasteiger partial charge on any atom is 0.339 e. The number of nitriles is 1. The van der Waals surface area contributed by atoms with Crippen molar-refractivity contribution in [3.8, 4) is 17.6 Å². The van der Waals surface area contributed by atoms with Crippen molar-refractivity contribution in [2.24, 2.45) is 0 Å². The summed E-state index contributed by atoms with van der Waals surface area (Å²) in [6.45, 7) is 5.30. The zero-order valence-electron chi connectivity index (χ0n) is 11.5. The molecule has 0 N–H and O–H groups in total. The van der Waals surface area contributed by atoms with Crippen LogP contribution in [0.15, 0.2) is 18.2 Å². The molecular weight excluding hydrogens is 246 g/mol. The van der Waals surface area contributed by atoms with Crippen LogP contribution in [0.25, 0.3) is 0 Å². The van der Waals surface area contributed by atoms with Gasteiger partial charge < -0.3 is 14.2 Å². The van der Waals surface area contributed by atoms with Crippen molar-refractivity contribution in [2.45, 2.75) is 33.0 Å². The van der Waals surface area contributed by atoms with E-state index in [9.17, 15) is 4.79 Å². The maximum atomic E-state index is 11.7. The monoisotopic (exact) mass is 263 g/mol. The first kappa shape index (κ1) is 14.8. The highest BCUT2D eigenvalue weighted by atomic mass is 16.5. The molecule has 0 saturated heterocycles. The average molecular weight is 263 g/mol. The summed E-state index contributed by atoms with van der Waals surface area (Å²) < 4.78 is 15.6. The number of methoxy groups -OCH3 is 1. The molecule has 1 aromatic rings. The van der Waals surface area contributed by atoms with Gasteiger partial charge in [0, 0.05) is 0 Å². The highest BCUT2D eigenvalue weighted by Gasteiger charge is 2.15. The van der Waals surface area contributed by atoms with Gasteiger partial charge in [0.1, 0.15) is 6.07 Å². The van der Waals surface area contributed by atoms with Crippen molar-refractivity contribution < 1.29 is 19.0 Å². The number of hydrogen-bond donors (Lipinski definition) is 0. The Kier molecular flexibility index (Phi) is 5.19. The first-order valence-electron chi connectivity index (χ1n) is 5.93. The quantitative estimate of drug-likeness (QED) is 0.763. The van der Waals surface area contributed by atoms with Gasteiger partial charge in [0.05, 0.1) is 18.8 Å². The smallest absolute Gasteiger partial charge is 0.339 e.